The van der Waals surface area contributed by atoms with Crippen LogP contribution in [0.5, 0.6) is 0 Å². The first-order chi connectivity index (χ1) is 15.8. The van der Waals surface area contributed by atoms with E-state index in [4.69, 9.17) is 0 Å². The van der Waals surface area contributed by atoms with E-state index in [-0.39, 0.29) is 0 Å². The maximum absolute atomic E-state index is 4.67. The Hall–Kier alpha value is -3.65. The Balaban J connectivity index is 1.46. The van der Waals surface area contributed by atoms with Gasteiger partial charge in [0.1, 0.15) is 5.65 Å². The van der Waals surface area contributed by atoms with Gasteiger partial charge in [-0.2, -0.15) is 0 Å². The van der Waals surface area contributed by atoms with Crippen LogP contribution in [-0.4, -0.2) is 9.97 Å². The van der Waals surface area contributed by atoms with Crippen LogP contribution in [0.1, 0.15) is 38.2 Å². The molecular weight excluding hydrogens is 388 g/mol. The lowest BCUT2D eigenvalue weighted by Crippen LogP contribution is -1.81. The van der Waals surface area contributed by atoms with E-state index in [2.05, 4.69) is 108 Å². The third-order valence-corrected chi connectivity index (χ3v) is 6.08. The molecule has 0 aliphatic rings. The summed E-state index contributed by atoms with van der Waals surface area (Å²) in [5.41, 5.74) is 8.16. The van der Waals surface area contributed by atoms with Crippen molar-refractivity contribution < 1.29 is 0 Å². The van der Waals surface area contributed by atoms with Gasteiger partial charge < -0.3 is 4.98 Å². The number of hydrogen-bond donors (Lipinski definition) is 1. The summed E-state index contributed by atoms with van der Waals surface area (Å²) < 4.78 is 0. The zero-order valence-corrected chi connectivity index (χ0v) is 18.5. The molecule has 3 aromatic carbocycles. The molecule has 5 aromatic rings. The molecule has 2 heterocycles. The number of benzene rings is 3. The molecule has 2 aromatic heterocycles. The predicted octanol–water partition coefficient (Wildman–Crippen LogP) is 8.64. The van der Waals surface area contributed by atoms with Gasteiger partial charge in [0, 0.05) is 22.5 Å². The highest BCUT2D eigenvalue weighted by atomic mass is 14.8. The molecule has 0 aliphatic heterocycles. The molecule has 0 bridgehead atoms. The smallest absolute Gasteiger partial charge is 0.138 e. The van der Waals surface area contributed by atoms with Gasteiger partial charge in [0.2, 0.25) is 0 Å². The van der Waals surface area contributed by atoms with Crippen molar-refractivity contribution in [1.82, 2.24) is 9.97 Å². The third kappa shape index (κ3) is 4.22. The molecule has 1 N–H and O–H groups in total. The molecule has 158 valence electrons. The van der Waals surface area contributed by atoms with Crippen LogP contribution in [0.3, 0.4) is 0 Å². The fraction of sp³-hybridized carbons (Fsp3) is 0.167. The second kappa shape index (κ2) is 9.23. The number of nitrogens with zero attached hydrogens (tertiary/aromatic N) is 1. The number of H-pyrrole nitrogens is 1. The van der Waals surface area contributed by atoms with Crippen LogP contribution in [-0.2, 0) is 0 Å². The van der Waals surface area contributed by atoms with Crippen molar-refractivity contribution in [2.75, 3.05) is 0 Å². The van der Waals surface area contributed by atoms with E-state index < -0.39 is 0 Å². The zero-order chi connectivity index (χ0) is 21.8. The van der Waals surface area contributed by atoms with Gasteiger partial charge in [-0.25, -0.2) is 4.98 Å². The molecule has 2 nitrogen and oxygen atoms in total. The van der Waals surface area contributed by atoms with E-state index >= 15 is 0 Å². The molecule has 5 rings (SSSR count). The minimum Gasteiger partial charge on any atom is -0.339 e. The van der Waals surface area contributed by atoms with Crippen LogP contribution < -0.4 is 0 Å². The van der Waals surface area contributed by atoms with Gasteiger partial charge in [0.05, 0.1) is 0 Å². The number of allylic oxidation sites excluding steroid dienone is 1. The Morgan fingerprint density at radius 3 is 2.25 bits per heavy atom. The molecule has 0 radical (unpaired) electrons. The van der Waals surface area contributed by atoms with Crippen LogP contribution >= 0.6 is 0 Å². The highest BCUT2D eigenvalue weighted by Crippen LogP contribution is 2.31. The summed E-state index contributed by atoms with van der Waals surface area (Å²) in [4.78, 5) is 8.14. The summed E-state index contributed by atoms with van der Waals surface area (Å²) in [5, 5.41) is 2.40. The third-order valence-electron chi connectivity index (χ3n) is 6.08. The van der Waals surface area contributed by atoms with Crippen LogP contribution in [0.2, 0.25) is 0 Å². The SMILES string of the molecule is CCCCC/C=C/c1cnc2[nH]c3ccc(-c4ccc(-c5ccccc5)cc4)cc3c2c1. The fourth-order valence-electron chi connectivity index (χ4n) is 4.28. The van der Waals surface area contributed by atoms with E-state index in [0.717, 1.165) is 23.1 Å². The number of hydrogen-bond acceptors (Lipinski definition) is 1. The van der Waals surface area contributed by atoms with Crippen molar-refractivity contribution in [2.45, 2.75) is 32.6 Å². The molecule has 2 heteroatoms. The number of aromatic amines is 1. The van der Waals surface area contributed by atoms with Crippen molar-refractivity contribution in [3.05, 3.63) is 96.7 Å². The molecule has 0 spiro atoms. The normalized spacial score (nSPS) is 11.7. The van der Waals surface area contributed by atoms with Crippen LogP contribution in [0.15, 0.2) is 91.1 Å². The summed E-state index contributed by atoms with van der Waals surface area (Å²) in [6, 6.07) is 28.2. The first-order valence-corrected chi connectivity index (χ1v) is 11.6. The monoisotopic (exact) mass is 416 g/mol. The minimum atomic E-state index is 0.944. The second-order valence-electron chi connectivity index (χ2n) is 8.39. The Morgan fingerprint density at radius 1 is 0.750 bits per heavy atom. The van der Waals surface area contributed by atoms with Gasteiger partial charge in [0.15, 0.2) is 0 Å². The number of rotatable bonds is 7. The standard InChI is InChI=1S/C30H28N2/c1-2-3-4-5-7-10-22-19-28-27-20-26(17-18-29(27)32-30(28)31-21-22)25-15-13-24(14-16-25)23-11-8-6-9-12-23/h6-21H,2-5H2,1H3,(H,31,32)/b10-7+. The number of unbranched alkanes of at least 4 members (excludes halogenated alkanes) is 3. The molecule has 0 saturated carbocycles. The number of pyridine rings is 1. The van der Waals surface area contributed by atoms with Crippen molar-refractivity contribution in [1.29, 1.82) is 0 Å². The van der Waals surface area contributed by atoms with Gasteiger partial charge in [-0.05, 0) is 58.9 Å². The molecule has 0 saturated heterocycles. The molecule has 0 fully saturated rings. The quantitative estimate of drug-likeness (QED) is 0.264. The summed E-state index contributed by atoms with van der Waals surface area (Å²) in [6.07, 6.45) is 11.4. The topological polar surface area (TPSA) is 28.7 Å². The molecular formula is C30H28N2. The van der Waals surface area contributed by atoms with Crippen LogP contribution in [0.25, 0.3) is 50.3 Å². The summed E-state index contributed by atoms with van der Waals surface area (Å²) in [5.74, 6) is 0. The highest BCUT2D eigenvalue weighted by Gasteiger charge is 2.08. The van der Waals surface area contributed by atoms with E-state index in [9.17, 15) is 0 Å². The van der Waals surface area contributed by atoms with Gasteiger partial charge in [-0.15, -0.1) is 0 Å². The van der Waals surface area contributed by atoms with Crippen molar-refractivity contribution in [3.63, 3.8) is 0 Å². The Labute approximate surface area is 189 Å². The lowest BCUT2D eigenvalue weighted by molar-refractivity contribution is 0.730. The first-order valence-electron chi connectivity index (χ1n) is 11.6. The van der Waals surface area contributed by atoms with E-state index in [1.165, 1.54) is 52.3 Å². The fourth-order valence-corrected chi connectivity index (χ4v) is 4.28. The molecule has 0 amide bonds. The Bertz CT molecular complexity index is 1360. The summed E-state index contributed by atoms with van der Waals surface area (Å²) in [7, 11) is 0. The largest absolute Gasteiger partial charge is 0.339 e. The Morgan fingerprint density at radius 2 is 1.47 bits per heavy atom. The number of fused-ring (bicyclic) bond motifs is 3. The lowest BCUT2D eigenvalue weighted by atomic mass is 9.99. The number of nitrogens with one attached hydrogen (secondary N) is 1. The van der Waals surface area contributed by atoms with E-state index in [0.29, 0.717) is 0 Å². The first kappa shape index (κ1) is 20.3. The maximum Gasteiger partial charge on any atom is 0.138 e. The number of aromatic nitrogens is 2. The van der Waals surface area contributed by atoms with Crippen molar-refractivity contribution in [3.8, 4) is 22.3 Å². The summed E-state index contributed by atoms with van der Waals surface area (Å²) >= 11 is 0. The van der Waals surface area contributed by atoms with Crippen LogP contribution in [0, 0.1) is 0 Å². The maximum atomic E-state index is 4.67. The van der Waals surface area contributed by atoms with Gasteiger partial charge in [-0.3, -0.25) is 0 Å². The highest BCUT2D eigenvalue weighted by molar-refractivity contribution is 6.07. The van der Waals surface area contributed by atoms with Crippen molar-refractivity contribution in [2.24, 2.45) is 0 Å². The molecule has 0 unspecified atom stereocenters. The van der Waals surface area contributed by atoms with E-state index in [1.54, 1.807) is 0 Å². The van der Waals surface area contributed by atoms with Crippen molar-refractivity contribution >= 4 is 28.0 Å². The second-order valence-corrected chi connectivity index (χ2v) is 8.39. The predicted molar refractivity (Wildman–Crippen MR) is 138 cm³/mol. The summed E-state index contributed by atoms with van der Waals surface area (Å²) in [6.45, 7) is 2.24. The molecule has 0 aliphatic carbocycles. The molecule has 32 heavy (non-hydrogen) atoms. The average molecular weight is 417 g/mol. The van der Waals surface area contributed by atoms with Gasteiger partial charge >= 0.3 is 0 Å². The zero-order valence-electron chi connectivity index (χ0n) is 18.5. The molecule has 0 atom stereocenters. The van der Waals surface area contributed by atoms with E-state index in [1.807, 2.05) is 6.20 Å². The van der Waals surface area contributed by atoms with Gasteiger partial charge in [0.25, 0.3) is 0 Å². The minimum absolute atomic E-state index is 0.944. The lowest BCUT2D eigenvalue weighted by Gasteiger charge is -2.05. The average Bonchev–Trinajstić information content (AvgIpc) is 3.22. The van der Waals surface area contributed by atoms with Crippen LogP contribution in [0.4, 0.5) is 0 Å². The Kier molecular flexibility index (Phi) is 5.85. The van der Waals surface area contributed by atoms with Gasteiger partial charge in [-0.1, -0.05) is 92.6 Å².